The average Bonchev–Trinajstić information content (AvgIpc) is 3.10. The third kappa shape index (κ3) is 36.6. The minimum atomic E-state index is -4.61. The second-order valence-corrected chi connectivity index (χ2v) is 16.2. The number of hydrogen-bond acceptors (Lipinski definition) is 7. The van der Waals surface area contributed by atoms with E-state index in [0.717, 1.165) is 77.0 Å². The molecule has 0 aliphatic rings. The summed E-state index contributed by atoms with van der Waals surface area (Å²) in [5.74, 6) is -0.277. The SMILES string of the molecule is CCC/C=C\CCCCCCCC/C=C/[C@@H](O)[C@H](COP(=O)([O-])OCC[N+](C)(C)C)NC(=O)CCC/C=C\C/C=C\C/C=C\C=C\[C@@H](O)CCCCC. The number of nitrogens with zero attached hydrogens (tertiary/aromatic N) is 1. The third-order valence-corrected chi connectivity index (χ3v) is 9.43. The first kappa shape index (κ1) is 50.9. The second kappa shape index (κ2) is 34.4. The highest BCUT2D eigenvalue weighted by Crippen LogP contribution is 2.38. The van der Waals surface area contributed by atoms with Crippen LogP contribution in [0.3, 0.4) is 0 Å². The van der Waals surface area contributed by atoms with Gasteiger partial charge in [-0.3, -0.25) is 9.36 Å². The minimum absolute atomic E-state index is 0.0250. The van der Waals surface area contributed by atoms with Gasteiger partial charge in [0.25, 0.3) is 7.82 Å². The maximum absolute atomic E-state index is 12.8. The first-order valence-electron chi connectivity index (χ1n) is 20.4. The fraction of sp³-hybridized carbons (Fsp3) is 0.698. The summed E-state index contributed by atoms with van der Waals surface area (Å²) in [6.07, 6.45) is 41.3. The predicted molar refractivity (Wildman–Crippen MR) is 220 cm³/mol. The van der Waals surface area contributed by atoms with E-state index in [9.17, 15) is 24.5 Å². The summed E-state index contributed by atoms with van der Waals surface area (Å²) in [5, 5.41) is 23.6. The van der Waals surface area contributed by atoms with Crippen LogP contribution in [-0.4, -0.2) is 79.8 Å². The molecule has 3 N–H and O–H groups in total. The molecular formula is C43H77N2O7P. The lowest BCUT2D eigenvalue weighted by molar-refractivity contribution is -0.870. The molecule has 1 amide bonds. The van der Waals surface area contributed by atoms with Gasteiger partial charge in [-0.1, -0.05) is 138 Å². The minimum Gasteiger partial charge on any atom is -0.756 e. The smallest absolute Gasteiger partial charge is 0.268 e. The first-order valence-corrected chi connectivity index (χ1v) is 21.9. The molecule has 0 aromatic carbocycles. The first-order chi connectivity index (χ1) is 25.4. The van der Waals surface area contributed by atoms with E-state index in [1.807, 2.05) is 57.6 Å². The molecule has 0 aliphatic heterocycles. The Labute approximate surface area is 324 Å². The highest BCUT2D eigenvalue weighted by molar-refractivity contribution is 7.45. The lowest BCUT2D eigenvalue weighted by Crippen LogP contribution is -2.45. The van der Waals surface area contributed by atoms with Crippen LogP contribution in [0.5, 0.6) is 0 Å². The monoisotopic (exact) mass is 765 g/mol. The van der Waals surface area contributed by atoms with E-state index in [1.165, 1.54) is 32.1 Å². The lowest BCUT2D eigenvalue weighted by Gasteiger charge is -2.29. The van der Waals surface area contributed by atoms with Gasteiger partial charge in [-0.15, -0.1) is 0 Å². The number of phosphoric ester groups is 1. The van der Waals surface area contributed by atoms with Crippen molar-refractivity contribution in [1.82, 2.24) is 5.32 Å². The van der Waals surface area contributed by atoms with Gasteiger partial charge < -0.3 is 34.0 Å². The number of aliphatic hydroxyl groups excluding tert-OH is 2. The Morgan fingerprint density at radius 2 is 1.32 bits per heavy atom. The summed E-state index contributed by atoms with van der Waals surface area (Å²) in [6.45, 7) is 4.38. The van der Waals surface area contributed by atoms with Crippen LogP contribution in [-0.2, 0) is 18.4 Å². The van der Waals surface area contributed by atoms with E-state index in [0.29, 0.717) is 17.4 Å². The number of nitrogens with one attached hydrogen (secondary N) is 1. The normalized spacial score (nSPS) is 15.8. The van der Waals surface area contributed by atoms with E-state index >= 15 is 0 Å². The zero-order chi connectivity index (χ0) is 39.5. The molecule has 306 valence electrons. The molecule has 0 radical (unpaired) electrons. The van der Waals surface area contributed by atoms with E-state index in [-0.39, 0.29) is 25.0 Å². The Hall–Kier alpha value is -2.10. The second-order valence-electron chi connectivity index (χ2n) is 14.8. The highest BCUT2D eigenvalue weighted by Gasteiger charge is 2.23. The quantitative estimate of drug-likeness (QED) is 0.0193. The molecule has 1 unspecified atom stereocenters. The lowest BCUT2D eigenvalue weighted by atomic mass is 10.1. The molecule has 0 aliphatic carbocycles. The largest absolute Gasteiger partial charge is 0.756 e. The molecule has 0 aromatic rings. The standard InChI is InChI=1S/C43H77N2O7P/c1-6-8-10-11-12-13-14-15-18-21-24-27-31-35-42(47)41(39-52-53(49,50)51-38-37-45(3,4)5)44-43(48)36-32-28-25-22-19-16-17-20-23-26-30-34-40(46)33-29-9-7-2/h10-11,16-17,22-23,25-26,30-31,34-35,40-42,46-47H,6-9,12-15,18-21,24,27-29,32-33,36-39H2,1-5H3,(H-,44,48,49,50)/b11-10-,17-16-,25-22-,26-23-,34-30+,35-31+/t40-,41-,42+/m0/s1. The fourth-order valence-corrected chi connectivity index (χ4v) is 5.86. The maximum Gasteiger partial charge on any atom is 0.268 e. The van der Waals surface area contributed by atoms with Crippen LogP contribution in [0, 0.1) is 0 Å². The fourth-order valence-electron chi connectivity index (χ4n) is 5.14. The molecule has 0 saturated heterocycles. The van der Waals surface area contributed by atoms with Crippen LogP contribution in [0.1, 0.15) is 136 Å². The summed E-state index contributed by atoms with van der Waals surface area (Å²) < 4.78 is 23.1. The topological polar surface area (TPSA) is 128 Å². The number of hydrogen-bond donors (Lipinski definition) is 3. The summed E-state index contributed by atoms with van der Waals surface area (Å²) in [7, 11) is 1.18. The zero-order valence-corrected chi connectivity index (χ0v) is 34.9. The predicted octanol–water partition coefficient (Wildman–Crippen LogP) is 9.19. The summed E-state index contributed by atoms with van der Waals surface area (Å²) in [4.78, 5) is 25.2. The molecule has 53 heavy (non-hydrogen) atoms. The van der Waals surface area contributed by atoms with Crippen molar-refractivity contribution in [3.63, 3.8) is 0 Å². The molecule has 0 spiro atoms. The molecule has 0 rings (SSSR count). The van der Waals surface area contributed by atoms with E-state index in [4.69, 9.17) is 9.05 Å². The summed E-state index contributed by atoms with van der Waals surface area (Å²) in [6, 6.07) is -0.935. The van der Waals surface area contributed by atoms with Crippen molar-refractivity contribution in [3.8, 4) is 0 Å². The average molecular weight is 765 g/mol. The summed E-state index contributed by atoms with van der Waals surface area (Å²) in [5.41, 5.74) is 0. The van der Waals surface area contributed by atoms with Gasteiger partial charge in [0.1, 0.15) is 13.2 Å². The summed E-state index contributed by atoms with van der Waals surface area (Å²) >= 11 is 0. The van der Waals surface area contributed by atoms with Crippen molar-refractivity contribution in [1.29, 1.82) is 0 Å². The van der Waals surface area contributed by atoms with Gasteiger partial charge >= 0.3 is 0 Å². The van der Waals surface area contributed by atoms with Crippen LogP contribution in [0.25, 0.3) is 0 Å². The Balaban J connectivity index is 4.67. The molecule has 0 aromatic heterocycles. The number of carbonyl (C=O) groups is 1. The molecule has 0 bridgehead atoms. The van der Waals surface area contributed by atoms with Crippen LogP contribution in [0.4, 0.5) is 0 Å². The third-order valence-electron chi connectivity index (χ3n) is 8.47. The van der Waals surface area contributed by atoms with Crippen LogP contribution < -0.4 is 10.2 Å². The van der Waals surface area contributed by atoms with E-state index in [1.54, 1.807) is 6.08 Å². The van der Waals surface area contributed by atoms with Crippen LogP contribution >= 0.6 is 7.82 Å². The van der Waals surface area contributed by atoms with Gasteiger partial charge in [-0.05, 0) is 64.2 Å². The van der Waals surface area contributed by atoms with Crippen molar-refractivity contribution < 1.29 is 38.0 Å². The number of rotatable bonds is 35. The molecule has 9 nitrogen and oxygen atoms in total. The number of unbranched alkanes of at least 4 members (excludes halogenated alkanes) is 11. The number of quaternary nitrogens is 1. The molecular weight excluding hydrogens is 687 g/mol. The van der Waals surface area contributed by atoms with Gasteiger partial charge in [0.15, 0.2) is 0 Å². The van der Waals surface area contributed by atoms with Crippen molar-refractivity contribution >= 4 is 13.7 Å². The van der Waals surface area contributed by atoms with Gasteiger partial charge in [0.05, 0.1) is 46.0 Å². The molecule has 10 heteroatoms. The van der Waals surface area contributed by atoms with Gasteiger partial charge in [-0.25, -0.2) is 0 Å². The number of carbonyl (C=O) groups excluding carboxylic acids is 1. The number of aliphatic hydroxyl groups is 2. The van der Waals surface area contributed by atoms with Gasteiger partial charge in [-0.2, -0.15) is 0 Å². The molecule has 0 heterocycles. The molecule has 4 atom stereocenters. The number of allylic oxidation sites excluding steroid dienone is 10. The van der Waals surface area contributed by atoms with Crippen molar-refractivity contribution in [2.75, 3.05) is 40.9 Å². The molecule has 0 fully saturated rings. The zero-order valence-electron chi connectivity index (χ0n) is 34.0. The molecule has 0 saturated carbocycles. The van der Waals surface area contributed by atoms with Crippen LogP contribution in [0.2, 0.25) is 0 Å². The van der Waals surface area contributed by atoms with Crippen molar-refractivity contribution in [2.45, 2.75) is 154 Å². The Morgan fingerprint density at radius 1 is 0.717 bits per heavy atom. The van der Waals surface area contributed by atoms with Crippen LogP contribution in [0.15, 0.2) is 72.9 Å². The van der Waals surface area contributed by atoms with Gasteiger partial charge in [0.2, 0.25) is 5.91 Å². The Kier molecular flexibility index (Phi) is 33.0. The van der Waals surface area contributed by atoms with Gasteiger partial charge in [0, 0.05) is 6.42 Å². The highest BCUT2D eigenvalue weighted by atomic mass is 31.2. The van der Waals surface area contributed by atoms with E-state index in [2.05, 4.69) is 49.5 Å². The van der Waals surface area contributed by atoms with Crippen molar-refractivity contribution in [2.24, 2.45) is 0 Å². The number of amides is 1. The Morgan fingerprint density at radius 3 is 2.00 bits per heavy atom. The van der Waals surface area contributed by atoms with Crippen molar-refractivity contribution in [3.05, 3.63) is 72.9 Å². The number of phosphoric acid groups is 1. The maximum atomic E-state index is 12.8. The van der Waals surface area contributed by atoms with E-state index < -0.39 is 26.6 Å². The number of likely N-dealkylation sites (N-methyl/N-ethyl adjacent to an activating group) is 1. The Bertz CT molecular complexity index is 1110.